The molecule has 5 heteroatoms. The molecular formula is C15H20ClNO2S. The Bertz CT molecular complexity index is 606. The smallest absolute Gasteiger partial charge is 0.207 e. The van der Waals surface area contributed by atoms with E-state index in [1.807, 2.05) is 19.1 Å². The zero-order valence-corrected chi connectivity index (χ0v) is 13.3. The molecule has 2 saturated carbocycles. The van der Waals surface area contributed by atoms with E-state index in [1.54, 1.807) is 10.4 Å². The number of hydrogen-bond acceptors (Lipinski definition) is 2. The van der Waals surface area contributed by atoms with Gasteiger partial charge in [0.05, 0.1) is 4.90 Å². The van der Waals surface area contributed by atoms with E-state index in [0.717, 1.165) is 24.0 Å². The van der Waals surface area contributed by atoms with Crippen LogP contribution in [-0.2, 0) is 15.9 Å². The molecule has 110 valence electrons. The molecule has 3 nitrogen and oxygen atoms in total. The Morgan fingerprint density at radius 2 is 1.95 bits per heavy atom. The standard InChI is InChI=1S/C15H20ClNO2S/c1-11-2-3-13(9-16)8-15(11)20(18,19)17(14-6-7-14)10-12-4-5-12/h2-3,8,12,14H,4-7,9-10H2,1H3. The second-order valence-corrected chi connectivity index (χ2v) is 8.11. The first-order valence-corrected chi connectivity index (χ1v) is 9.17. The Morgan fingerprint density at radius 3 is 2.50 bits per heavy atom. The molecule has 0 saturated heterocycles. The lowest BCUT2D eigenvalue weighted by Gasteiger charge is -2.23. The minimum Gasteiger partial charge on any atom is -0.207 e. The zero-order valence-electron chi connectivity index (χ0n) is 11.7. The van der Waals surface area contributed by atoms with Gasteiger partial charge in [-0.1, -0.05) is 12.1 Å². The van der Waals surface area contributed by atoms with Crippen molar-refractivity contribution in [2.24, 2.45) is 5.92 Å². The van der Waals surface area contributed by atoms with E-state index in [2.05, 4.69) is 0 Å². The molecule has 2 fully saturated rings. The summed E-state index contributed by atoms with van der Waals surface area (Å²) in [5, 5.41) is 0. The van der Waals surface area contributed by atoms with E-state index in [4.69, 9.17) is 11.6 Å². The van der Waals surface area contributed by atoms with Gasteiger partial charge in [0.15, 0.2) is 0 Å². The molecule has 0 unspecified atom stereocenters. The predicted octanol–water partition coefficient (Wildman–Crippen LogP) is 3.30. The molecule has 20 heavy (non-hydrogen) atoms. The number of sulfonamides is 1. The monoisotopic (exact) mass is 313 g/mol. The van der Waals surface area contributed by atoms with E-state index >= 15 is 0 Å². The van der Waals surface area contributed by atoms with Crippen LogP contribution in [0.5, 0.6) is 0 Å². The first-order valence-electron chi connectivity index (χ1n) is 7.19. The molecule has 1 aromatic carbocycles. The van der Waals surface area contributed by atoms with Gasteiger partial charge < -0.3 is 0 Å². The molecule has 0 bridgehead atoms. The minimum atomic E-state index is -3.38. The Labute approximate surface area is 126 Å². The Balaban J connectivity index is 1.96. The Hall–Kier alpha value is -0.580. The third-order valence-electron chi connectivity index (χ3n) is 4.08. The van der Waals surface area contributed by atoms with Gasteiger partial charge in [0.2, 0.25) is 10.0 Å². The molecule has 0 radical (unpaired) electrons. The summed E-state index contributed by atoms with van der Waals surface area (Å²) in [6.07, 6.45) is 4.33. The van der Waals surface area contributed by atoms with Crippen molar-refractivity contribution in [2.75, 3.05) is 6.54 Å². The SMILES string of the molecule is Cc1ccc(CCl)cc1S(=O)(=O)N(CC1CC1)C1CC1. The molecule has 3 rings (SSSR count). The highest BCUT2D eigenvalue weighted by molar-refractivity contribution is 7.89. The van der Waals surface area contributed by atoms with Gasteiger partial charge in [0.1, 0.15) is 0 Å². The van der Waals surface area contributed by atoms with E-state index < -0.39 is 10.0 Å². The molecular weight excluding hydrogens is 294 g/mol. The van der Waals surface area contributed by atoms with Crippen molar-refractivity contribution in [3.05, 3.63) is 29.3 Å². The van der Waals surface area contributed by atoms with Crippen molar-refractivity contribution < 1.29 is 8.42 Å². The second-order valence-electron chi connectivity index (χ2n) is 5.98. The highest BCUT2D eigenvalue weighted by Crippen LogP contribution is 2.38. The summed E-state index contributed by atoms with van der Waals surface area (Å²) >= 11 is 5.84. The van der Waals surface area contributed by atoms with Gasteiger partial charge in [-0.25, -0.2) is 8.42 Å². The van der Waals surface area contributed by atoms with E-state index in [0.29, 0.717) is 23.2 Å². The first kappa shape index (κ1) is 14.4. The van der Waals surface area contributed by atoms with Crippen LogP contribution < -0.4 is 0 Å². The quantitative estimate of drug-likeness (QED) is 0.756. The van der Waals surface area contributed by atoms with Crippen LogP contribution in [-0.4, -0.2) is 25.3 Å². The van der Waals surface area contributed by atoms with Gasteiger partial charge in [0.25, 0.3) is 0 Å². The summed E-state index contributed by atoms with van der Waals surface area (Å²) in [6.45, 7) is 2.55. The number of nitrogens with zero attached hydrogens (tertiary/aromatic N) is 1. The lowest BCUT2D eigenvalue weighted by molar-refractivity contribution is 0.388. The van der Waals surface area contributed by atoms with Gasteiger partial charge in [-0.3, -0.25) is 0 Å². The average Bonchev–Trinajstić information content (AvgIpc) is 3.28. The molecule has 0 aliphatic heterocycles. The van der Waals surface area contributed by atoms with Crippen LogP contribution in [0.25, 0.3) is 0 Å². The number of benzene rings is 1. The molecule has 0 spiro atoms. The molecule has 0 amide bonds. The maximum Gasteiger partial charge on any atom is 0.243 e. The third-order valence-corrected chi connectivity index (χ3v) is 6.45. The van der Waals surface area contributed by atoms with Crippen molar-refractivity contribution in [1.82, 2.24) is 4.31 Å². The van der Waals surface area contributed by atoms with Crippen molar-refractivity contribution in [2.45, 2.75) is 49.4 Å². The summed E-state index contributed by atoms with van der Waals surface area (Å²) in [6, 6.07) is 5.70. The van der Waals surface area contributed by atoms with E-state index in [-0.39, 0.29) is 6.04 Å². The zero-order chi connectivity index (χ0) is 14.3. The fraction of sp³-hybridized carbons (Fsp3) is 0.600. The van der Waals surface area contributed by atoms with E-state index in [9.17, 15) is 8.42 Å². The van der Waals surface area contributed by atoms with Gasteiger partial charge >= 0.3 is 0 Å². The lowest BCUT2D eigenvalue weighted by atomic mass is 10.2. The third kappa shape index (κ3) is 2.87. The van der Waals surface area contributed by atoms with E-state index in [1.165, 1.54) is 12.8 Å². The molecule has 0 heterocycles. The van der Waals surface area contributed by atoms with Gasteiger partial charge in [0, 0.05) is 18.5 Å². The van der Waals surface area contributed by atoms with Gasteiger partial charge in [-0.15, -0.1) is 11.6 Å². The van der Waals surface area contributed by atoms with Crippen LogP contribution >= 0.6 is 11.6 Å². The second kappa shape index (κ2) is 5.32. The predicted molar refractivity (Wildman–Crippen MR) is 80.4 cm³/mol. The summed E-state index contributed by atoms with van der Waals surface area (Å²) in [7, 11) is -3.38. The maximum absolute atomic E-state index is 12.9. The molecule has 0 aromatic heterocycles. The highest BCUT2D eigenvalue weighted by Gasteiger charge is 2.41. The molecule has 0 atom stereocenters. The first-order chi connectivity index (χ1) is 9.52. The summed E-state index contributed by atoms with van der Waals surface area (Å²) in [5.41, 5.74) is 1.67. The molecule has 2 aliphatic rings. The van der Waals surface area contributed by atoms with Crippen molar-refractivity contribution in [1.29, 1.82) is 0 Å². The summed E-state index contributed by atoms with van der Waals surface area (Å²) in [4.78, 5) is 0.434. The molecule has 2 aliphatic carbocycles. The van der Waals surface area contributed by atoms with Crippen molar-refractivity contribution >= 4 is 21.6 Å². The number of alkyl halides is 1. The summed E-state index contributed by atoms with van der Waals surface area (Å²) < 4.78 is 27.6. The maximum atomic E-state index is 12.9. The van der Waals surface area contributed by atoms with Crippen molar-refractivity contribution in [3.8, 4) is 0 Å². The van der Waals surface area contributed by atoms with Crippen LogP contribution in [0.15, 0.2) is 23.1 Å². The fourth-order valence-electron chi connectivity index (χ4n) is 2.49. The van der Waals surface area contributed by atoms with Crippen molar-refractivity contribution in [3.63, 3.8) is 0 Å². The topological polar surface area (TPSA) is 37.4 Å². The van der Waals surface area contributed by atoms with Gasteiger partial charge in [-0.05, 0) is 55.7 Å². The Morgan fingerprint density at radius 1 is 1.25 bits per heavy atom. The summed E-state index contributed by atoms with van der Waals surface area (Å²) in [5.74, 6) is 0.913. The number of rotatable bonds is 6. The number of halogens is 1. The van der Waals surface area contributed by atoms with Crippen LogP contribution in [0, 0.1) is 12.8 Å². The van der Waals surface area contributed by atoms with Crippen LogP contribution in [0.1, 0.15) is 36.8 Å². The van der Waals surface area contributed by atoms with Gasteiger partial charge in [-0.2, -0.15) is 4.31 Å². The normalized spacial score (nSPS) is 19.6. The largest absolute Gasteiger partial charge is 0.243 e. The van der Waals surface area contributed by atoms with Crippen LogP contribution in [0.4, 0.5) is 0 Å². The highest BCUT2D eigenvalue weighted by atomic mass is 35.5. The van der Waals surface area contributed by atoms with Crippen LogP contribution in [0.2, 0.25) is 0 Å². The Kier molecular flexibility index (Phi) is 3.82. The molecule has 1 aromatic rings. The lowest BCUT2D eigenvalue weighted by Crippen LogP contribution is -2.35. The van der Waals surface area contributed by atoms with Crippen LogP contribution in [0.3, 0.4) is 0 Å². The number of hydrogen-bond donors (Lipinski definition) is 0. The average molecular weight is 314 g/mol. The fourth-order valence-corrected chi connectivity index (χ4v) is 4.70. The molecule has 0 N–H and O–H groups in total. The minimum absolute atomic E-state index is 0.222. The number of aryl methyl sites for hydroxylation is 1.